The van der Waals surface area contributed by atoms with E-state index >= 15 is 0 Å². The van der Waals surface area contributed by atoms with E-state index in [1.807, 2.05) is 12.1 Å². The molecule has 1 heterocycles. The number of para-hydroxylation sites is 2. The van der Waals surface area contributed by atoms with Gasteiger partial charge in [0.1, 0.15) is 11.2 Å². The molecule has 2 heteroatoms. The van der Waals surface area contributed by atoms with Crippen LogP contribution in [0.25, 0.3) is 99.8 Å². The largest absolute Gasteiger partial charge is 0.456 e. The monoisotopic (exact) mass is 867 g/mol. The van der Waals surface area contributed by atoms with E-state index in [4.69, 9.17) is 4.42 Å². The van der Waals surface area contributed by atoms with Crippen LogP contribution in [0.5, 0.6) is 0 Å². The van der Waals surface area contributed by atoms with E-state index in [-0.39, 0.29) is 0 Å². The van der Waals surface area contributed by atoms with Gasteiger partial charge in [0.05, 0.1) is 5.69 Å². The molecule has 0 spiro atoms. The molecule has 0 atom stereocenters. The van der Waals surface area contributed by atoms with Crippen LogP contribution in [0, 0.1) is 0 Å². The summed E-state index contributed by atoms with van der Waals surface area (Å²) in [6.07, 6.45) is 0. The normalized spacial score (nSPS) is 11.2. The molecule has 11 aromatic carbocycles. The number of rotatable bonds is 10. The zero-order chi connectivity index (χ0) is 45.2. The summed E-state index contributed by atoms with van der Waals surface area (Å²) in [6, 6.07) is 98.1. The van der Waals surface area contributed by atoms with Crippen molar-refractivity contribution in [3.05, 3.63) is 273 Å². The van der Waals surface area contributed by atoms with E-state index in [1.54, 1.807) is 0 Å². The molecule has 320 valence electrons. The zero-order valence-electron chi connectivity index (χ0n) is 37.3. The van der Waals surface area contributed by atoms with E-state index < -0.39 is 0 Å². The van der Waals surface area contributed by atoms with Crippen LogP contribution in [-0.4, -0.2) is 0 Å². The van der Waals surface area contributed by atoms with E-state index in [0.29, 0.717) is 0 Å². The number of hydrogen-bond donors (Lipinski definition) is 0. The smallest absolute Gasteiger partial charge is 0.136 e. The molecule has 2 nitrogen and oxygen atoms in total. The van der Waals surface area contributed by atoms with Gasteiger partial charge in [-0.2, -0.15) is 0 Å². The molecule has 0 aliphatic carbocycles. The Balaban J connectivity index is 0.974. The average Bonchev–Trinajstić information content (AvgIpc) is 3.80. The lowest BCUT2D eigenvalue weighted by atomic mass is 9.87. The van der Waals surface area contributed by atoms with E-state index in [2.05, 4.69) is 266 Å². The first-order valence-corrected chi connectivity index (χ1v) is 23.2. The minimum absolute atomic E-state index is 0.891. The fourth-order valence-corrected chi connectivity index (χ4v) is 9.72. The average molecular weight is 868 g/mol. The molecule has 0 aliphatic heterocycles. The summed E-state index contributed by atoms with van der Waals surface area (Å²) in [4.78, 5) is 2.40. The predicted octanol–water partition coefficient (Wildman–Crippen LogP) is 18.7. The molecule has 0 radical (unpaired) electrons. The van der Waals surface area contributed by atoms with Crippen molar-refractivity contribution in [3.8, 4) is 77.9 Å². The second kappa shape index (κ2) is 17.8. The van der Waals surface area contributed by atoms with Gasteiger partial charge in [0, 0.05) is 27.7 Å². The summed E-state index contributed by atoms with van der Waals surface area (Å²) >= 11 is 0. The molecule has 0 N–H and O–H groups in total. The van der Waals surface area contributed by atoms with E-state index in [1.165, 1.54) is 50.1 Å². The molecule has 0 unspecified atom stereocenters. The number of anilines is 3. The number of fused-ring (bicyclic) bond motifs is 3. The minimum Gasteiger partial charge on any atom is -0.456 e. The van der Waals surface area contributed by atoms with Crippen molar-refractivity contribution in [3.63, 3.8) is 0 Å². The number of hydrogen-bond acceptors (Lipinski definition) is 2. The number of furan rings is 1. The lowest BCUT2D eigenvalue weighted by molar-refractivity contribution is 0.669. The molecular weight excluding hydrogens is 823 g/mol. The zero-order valence-corrected chi connectivity index (χ0v) is 37.3. The van der Waals surface area contributed by atoms with Gasteiger partial charge < -0.3 is 9.32 Å². The third-order valence-electron chi connectivity index (χ3n) is 13.2. The van der Waals surface area contributed by atoms with Crippen molar-refractivity contribution in [2.24, 2.45) is 0 Å². The first-order valence-electron chi connectivity index (χ1n) is 23.2. The van der Waals surface area contributed by atoms with Gasteiger partial charge >= 0.3 is 0 Å². The fraction of sp³-hybridized carbons (Fsp3) is 0. The van der Waals surface area contributed by atoms with Crippen LogP contribution in [-0.2, 0) is 0 Å². The first kappa shape index (κ1) is 40.5. The molecule has 0 amide bonds. The lowest BCUT2D eigenvalue weighted by Gasteiger charge is -2.29. The van der Waals surface area contributed by atoms with Crippen LogP contribution < -0.4 is 4.90 Å². The molecule has 12 rings (SSSR count). The van der Waals surface area contributed by atoms with Crippen molar-refractivity contribution >= 4 is 39.0 Å². The Kier molecular flexibility index (Phi) is 10.6. The summed E-state index contributed by atoms with van der Waals surface area (Å²) in [5, 5.41) is 2.26. The summed E-state index contributed by atoms with van der Waals surface area (Å²) < 4.78 is 6.31. The molecule has 0 saturated carbocycles. The molecule has 0 saturated heterocycles. The molecule has 0 fully saturated rings. The maximum atomic E-state index is 6.31. The summed E-state index contributed by atoms with van der Waals surface area (Å²) in [5.74, 6) is 0. The third kappa shape index (κ3) is 7.74. The third-order valence-corrected chi connectivity index (χ3v) is 13.2. The Hall–Kier alpha value is -8.98. The first-order chi connectivity index (χ1) is 33.7. The van der Waals surface area contributed by atoms with Gasteiger partial charge in [0.2, 0.25) is 0 Å². The van der Waals surface area contributed by atoms with Crippen LogP contribution in [0.3, 0.4) is 0 Å². The molecule has 68 heavy (non-hydrogen) atoms. The predicted molar refractivity (Wildman–Crippen MR) is 286 cm³/mol. The van der Waals surface area contributed by atoms with Crippen molar-refractivity contribution in [1.82, 2.24) is 0 Å². The van der Waals surface area contributed by atoms with Gasteiger partial charge in [-0.3, -0.25) is 0 Å². The molecular formula is C66H45NO. The maximum Gasteiger partial charge on any atom is 0.136 e. The van der Waals surface area contributed by atoms with Crippen LogP contribution in [0.4, 0.5) is 17.1 Å². The van der Waals surface area contributed by atoms with Crippen molar-refractivity contribution < 1.29 is 4.42 Å². The number of nitrogens with zero attached hydrogens (tertiary/aromatic N) is 1. The van der Waals surface area contributed by atoms with Crippen LogP contribution in [0.15, 0.2) is 277 Å². The van der Waals surface area contributed by atoms with Gasteiger partial charge in [-0.25, -0.2) is 0 Å². The second-order valence-electron chi connectivity index (χ2n) is 17.2. The van der Waals surface area contributed by atoms with Crippen LogP contribution in [0.2, 0.25) is 0 Å². The Morgan fingerprint density at radius 3 is 1.22 bits per heavy atom. The minimum atomic E-state index is 0.891. The summed E-state index contributed by atoms with van der Waals surface area (Å²) in [7, 11) is 0. The van der Waals surface area contributed by atoms with Crippen LogP contribution in [0.1, 0.15) is 0 Å². The Morgan fingerprint density at radius 2 is 0.603 bits per heavy atom. The van der Waals surface area contributed by atoms with Gasteiger partial charge in [-0.15, -0.1) is 0 Å². The second-order valence-corrected chi connectivity index (χ2v) is 17.2. The Morgan fingerprint density at radius 1 is 0.221 bits per heavy atom. The summed E-state index contributed by atoms with van der Waals surface area (Å²) in [5.41, 5.74) is 21.4. The lowest BCUT2D eigenvalue weighted by Crippen LogP contribution is -2.11. The van der Waals surface area contributed by atoms with E-state index in [9.17, 15) is 0 Å². The fourth-order valence-electron chi connectivity index (χ4n) is 9.72. The van der Waals surface area contributed by atoms with Crippen molar-refractivity contribution in [1.29, 1.82) is 0 Å². The van der Waals surface area contributed by atoms with Crippen LogP contribution >= 0.6 is 0 Å². The maximum absolute atomic E-state index is 6.31. The highest BCUT2D eigenvalue weighted by Gasteiger charge is 2.21. The SMILES string of the molecule is c1ccc(-c2ccc(-c3ccc(N(c4ccc(-c5ccc6c(c5)oc5ccccc56)cc4)c4ccccc4-c4ccccc4-c4ccc(-c5ccccc5)cc4-c4ccccc4)cc3)cc2)cc1. The Bertz CT molecular complexity index is 3690. The van der Waals surface area contributed by atoms with Gasteiger partial charge in [-0.1, -0.05) is 218 Å². The van der Waals surface area contributed by atoms with E-state index in [0.717, 1.165) is 66.8 Å². The topological polar surface area (TPSA) is 16.4 Å². The standard InChI is InChI=1S/C66H45NO/c1-4-16-46(17-5-1)48-28-30-49(31-29-48)50-32-38-55(39-33-50)67(56-40-34-51(35-41-56)54-37-43-62-61-25-13-15-27-65(61)68-66(62)45-54)64-26-14-12-24-60(64)58-23-11-10-22-57(58)59-42-36-53(47-18-6-2-7-19-47)44-63(59)52-20-8-3-9-21-52/h1-45H. The quantitative estimate of drug-likeness (QED) is 0.136. The molecule has 12 aromatic rings. The molecule has 0 bridgehead atoms. The molecule has 1 aromatic heterocycles. The highest BCUT2D eigenvalue weighted by Crippen LogP contribution is 2.46. The molecule has 0 aliphatic rings. The Labute approximate surface area is 397 Å². The van der Waals surface area contributed by atoms with Crippen molar-refractivity contribution in [2.45, 2.75) is 0 Å². The van der Waals surface area contributed by atoms with Gasteiger partial charge in [-0.05, 0) is 127 Å². The van der Waals surface area contributed by atoms with Gasteiger partial charge in [0.15, 0.2) is 0 Å². The van der Waals surface area contributed by atoms with Crippen molar-refractivity contribution in [2.75, 3.05) is 4.90 Å². The number of benzene rings is 11. The van der Waals surface area contributed by atoms with Gasteiger partial charge in [0.25, 0.3) is 0 Å². The summed E-state index contributed by atoms with van der Waals surface area (Å²) in [6.45, 7) is 0. The highest BCUT2D eigenvalue weighted by atomic mass is 16.3. The highest BCUT2D eigenvalue weighted by molar-refractivity contribution is 6.06.